The first kappa shape index (κ1) is 12.7. The molecule has 20 heavy (non-hydrogen) atoms. The minimum absolute atomic E-state index is 0.0696. The van der Waals surface area contributed by atoms with E-state index in [1.165, 1.54) is 5.56 Å². The van der Waals surface area contributed by atoms with Crippen molar-refractivity contribution < 1.29 is 9.53 Å². The molecular weight excluding hydrogens is 250 g/mol. The van der Waals surface area contributed by atoms with Gasteiger partial charge in [0.05, 0.1) is 13.0 Å². The molecule has 1 unspecified atom stereocenters. The van der Waals surface area contributed by atoms with Crippen LogP contribution in [0.4, 0.5) is 5.69 Å². The average molecular weight is 267 g/mol. The van der Waals surface area contributed by atoms with Crippen LogP contribution in [-0.4, -0.2) is 13.0 Å². The van der Waals surface area contributed by atoms with Gasteiger partial charge in [-0.2, -0.15) is 0 Å². The molecule has 1 N–H and O–H groups in total. The number of anilines is 1. The van der Waals surface area contributed by atoms with Crippen molar-refractivity contribution in [2.24, 2.45) is 0 Å². The molecule has 0 aromatic heterocycles. The molecule has 0 spiro atoms. The van der Waals surface area contributed by atoms with Crippen LogP contribution < -0.4 is 10.1 Å². The lowest BCUT2D eigenvalue weighted by atomic mass is 9.93. The zero-order valence-electron chi connectivity index (χ0n) is 11.4. The number of carbonyl (C=O) groups is 1. The Kier molecular flexibility index (Phi) is 3.42. The SMILES string of the molecule is COc1ccc(C2CCc3ccccc3NC2=O)cc1. The molecule has 1 amide bonds. The molecule has 1 aliphatic heterocycles. The van der Waals surface area contributed by atoms with E-state index in [1.807, 2.05) is 42.5 Å². The van der Waals surface area contributed by atoms with E-state index in [-0.39, 0.29) is 11.8 Å². The summed E-state index contributed by atoms with van der Waals surface area (Å²) in [5.41, 5.74) is 3.18. The van der Waals surface area contributed by atoms with Gasteiger partial charge in [-0.05, 0) is 42.2 Å². The second-order valence-electron chi connectivity index (χ2n) is 5.01. The Bertz CT molecular complexity index is 619. The number of para-hydroxylation sites is 1. The van der Waals surface area contributed by atoms with Crippen LogP contribution in [-0.2, 0) is 11.2 Å². The largest absolute Gasteiger partial charge is 0.497 e. The van der Waals surface area contributed by atoms with Gasteiger partial charge in [0.25, 0.3) is 0 Å². The van der Waals surface area contributed by atoms with Crippen LogP contribution in [0.25, 0.3) is 0 Å². The third-order valence-corrected chi connectivity index (χ3v) is 3.81. The first-order chi connectivity index (χ1) is 9.78. The first-order valence-electron chi connectivity index (χ1n) is 6.80. The number of aryl methyl sites for hydroxylation is 1. The van der Waals surface area contributed by atoms with Gasteiger partial charge in [0.1, 0.15) is 5.75 Å². The fourth-order valence-corrected chi connectivity index (χ4v) is 2.67. The minimum atomic E-state index is -0.103. The van der Waals surface area contributed by atoms with E-state index in [4.69, 9.17) is 4.74 Å². The predicted molar refractivity (Wildman–Crippen MR) is 79.1 cm³/mol. The number of fused-ring (bicyclic) bond motifs is 1. The van der Waals surface area contributed by atoms with Gasteiger partial charge in [-0.1, -0.05) is 30.3 Å². The Morgan fingerprint density at radius 3 is 2.60 bits per heavy atom. The van der Waals surface area contributed by atoms with Gasteiger partial charge in [0.15, 0.2) is 0 Å². The molecular formula is C17H17NO2. The molecule has 3 rings (SSSR count). The number of amides is 1. The molecule has 1 aliphatic rings. The van der Waals surface area contributed by atoms with Crippen molar-refractivity contribution >= 4 is 11.6 Å². The van der Waals surface area contributed by atoms with Crippen LogP contribution in [0.1, 0.15) is 23.5 Å². The zero-order valence-corrected chi connectivity index (χ0v) is 11.4. The summed E-state index contributed by atoms with van der Waals surface area (Å²) in [6, 6.07) is 15.8. The summed E-state index contributed by atoms with van der Waals surface area (Å²) in [4.78, 5) is 12.4. The summed E-state index contributed by atoms with van der Waals surface area (Å²) in [5.74, 6) is 0.777. The molecule has 1 atom stereocenters. The van der Waals surface area contributed by atoms with E-state index >= 15 is 0 Å². The van der Waals surface area contributed by atoms with Crippen molar-refractivity contribution in [2.75, 3.05) is 12.4 Å². The summed E-state index contributed by atoms with van der Waals surface area (Å²) < 4.78 is 5.16. The Hall–Kier alpha value is -2.29. The molecule has 3 nitrogen and oxygen atoms in total. The Labute approximate surface area is 118 Å². The van der Waals surface area contributed by atoms with Gasteiger partial charge >= 0.3 is 0 Å². The molecule has 2 aromatic rings. The van der Waals surface area contributed by atoms with Gasteiger partial charge < -0.3 is 10.1 Å². The van der Waals surface area contributed by atoms with Crippen molar-refractivity contribution in [3.05, 3.63) is 59.7 Å². The van der Waals surface area contributed by atoms with Gasteiger partial charge in [0.2, 0.25) is 5.91 Å². The summed E-state index contributed by atoms with van der Waals surface area (Å²) >= 11 is 0. The number of hydrogen-bond acceptors (Lipinski definition) is 2. The average Bonchev–Trinajstić information content (AvgIpc) is 2.66. The third kappa shape index (κ3) is 2.39. The predicted octanol–water partition coefficient (Wildman–Crippen LogP) is 3.36. The lowest BCUT2D eigenvalue weighted by Crippen LogP contribution is -2.19. The number of hydrogen-bond donors (Lipinski definition) is 1. The Balaban J connectivity index is 1.87. The normalized spacial score (nSPS) is 17.9. The smallest absolute Gasteiger partial charge is 0.231 e. The second-order valence-corrected chi connectivity index (χ2v) is 5.01. The van der Waals surface area contributed by atoms with Crippen LogP contribution in [0, 0.1) is 0 Å². The monoisotopic (exact) mass is 267 g/mol. The van der Waals surface area contributed by atoms with Gasteiger partial charge in [-0.3, -0.25) is 4.79 Å². The van der Waals surface area contributed by atoms with Crippen LogP contribution in [0.5, 0.6) is 5.75 Å². The molecule has 2 aromatic carbocycles. The molecule has 0 fully saturated rings. The Morgan fingerprint density at radius 1 is 1.10 bits per heavy atom. The lowest BCUT2D eigenvalue weighted by molar-refractivity contribution is -0.117. The number of ether oxygens (including phenoxy) is 1. The molecule has 0 saturated carbocycles. The molecule has 3 heteroatoms. The molecule has 1 heterocycles. The third-order valence-electron chi connectivity index (χ3n) is 3.81. The fraction of sp³-hybridized carbons (Fsp3) is 0.235. The highest BCUT2D eigenvalue weighted by molar-refractivity contribution is 5.97. The lowest BCUT2D eigenvalue weighted by Gasteiger charge is -2.14. The maximum absolute atomic E-state index is 12.4. The molecule has 0 aliphatic carbocycles. The highest BCUT2D eigenvalue weighted by Crippen LogP contribution is 2.30. The quantitative estimate of drug-likeness (QED) is 0.906. The van der Waals surface area contributed by atoms with E-state index < -0.39 is 0 Å². The van der Waals surface area contributed by atoms with Crippen molar-refractivity contribution in [1.29, 1.82) is 0 Å². The van der Waals surface area contributed by atoms with Gasteiger partial charge in [-0.15, -0.1) is 0 Å². The van der Waals surface area contributed by atoms with E-state index in [0.717, 1.165) is 29.8 Å². The maximum atomic E-state index is 12.4. The molecule has 102 valence electrons. The standard InChI is InChI=1S/C17H17NO2/c1-20-14-9-6-12(7-10-14)15-11-8-13-4-2-3-5-16(13)18-17(15)19/h2-7,9-10,15H,8,11H2,1H3,(H,18,19). The zero-order chi connectivity index (χ0) is 13.9. The van der Waals surface area contributed by atoms with Crippen LogP contribution in [0.2, 0.25) is 0 Å². The van der Waals surface area contributed by atoms with Crippen molar-refractivity contribution in [1.82, 2.24) is 0 Å². The van der Waals surface area contributed by atoms with E-state index in [2.05, 4.69) is 11.4 Å². The number of rotatable bonds is 2. The number of methoxy groups -OCH3 is 1. The maximum Gasteiger partial charge on any atom is 0.231 e. The highest BCUT2D eigenvalue weighted by Gasteiger charge is 2.24. The first-order valence-corrected chi connectivity index (χ1v) is 6.80. The summed E-state index contributed by atoms with van der Waals surface area (Å²) in [5, 5.41) is 3.03. The number of carbonyl (C=O) groups excluding carboxylic acids is 1. The molecule has 0 saturated heterocycles. The van der Waals surface area contributed by atoms with E-state index in [9.17, 15) is 4.79 Å². The van der Waals surface area contributed by atoms with E-state index in [1.54, 1.807) is 7.11 Å². The van der Waals surface area contributed by atoms with Gasteiger partial charge in [-0.25, -0.2) is 0 Å². The molecule has 0 radical (unpaired) electrons. The van der Waals surface area contributed by atoms with E-state index in [0.29, 0.717) is 0 Å². The van der Waals surface area contributed by atoms with Crippen molar-refractivity contribution in [3.63, 3.8) is 0 Å². The van der Waals surface area contributed by atoms with Crippen LogP contribution >= 0.6 is 0 Å². The topological polar surface area (TPSA) is 38.3 Å². The highest BCUT2D eigenvalue weighted by atomic mass is 16.5. The Morgan fingerprint density at radius 2 is 1.85 bits per heavy atom. The van der Waals surface area contributed by atoms with Crippen molar-refractivity contribution in [3.8, 4) is 5.75 Å². The van der Waals surface area contributed by atoms with Gasteiger partial charge in [0, 0.05) is 5.69 Å². The van der Waals surface area contributed by atoms with Crippen LogP contribution in [0.15, 0.2) is 48.5 Å². The fourth-order valence-electron chi connectivity index (χ4n) is 2.67. The van der Waals surface area contributed by atoms with Crippen LogP contribution in [0.3, 0.4) is 0 Å². The summed E-state index contributed by atoms with van der Waals surface area (Å²) in [6.45, 7) is 0. The number of nitrogens with one attached hydrogen (secondary N) is 1. The second kappa shape index (κ2) is 5.37. The number of benzene rings is 2. The van der Waals surface area contributed by atoms with Crippen molar-refractivity contribution in [2.45, 2.75) is 18.8 Å². The molecule has 0 bridgehead atoms. The summed E-state index contributed by atoms with van der Waals surface area (Å²) in [7, 11) is 1.64. The summed E-state index contributed by atoms with van der Waals surface area (Å²) in [6.07, 6.45) is 1.74. The minimum Gasteiger partial charge on any atom is -0.497 e.